The van der Waals surface area contributed by atoms with Gasteiger partial charge >= 0.3 is 0 Å². The second kappa shape index (κ2) is 45.2. The van der Waals surface area contributed by atoms with Crippen molar-refractivity contribution in [1.29, 1.82) is 0 Å². The van der Waals surface area contributed by atoms with Crippen LogP contribution in [0.3, 0.4) is 0 Å². The van der Waals surface area contributed by atoms with Crippen molar-refractivity contribution in [3.63, 3.8) is 0 Å². The molecule has 6 nitrogen and oxygen atoms in total. The lowest BCUT2D eigenvalue weighted by Gasteiger charge is -2.24. The van der Waals surface area contributed by atoms with Gasteiger partial charge in [-0.1, -0.05) is 307 Å². The van der Waals surface area contributed by atoms with E-state index >= 15 is 0 Å². The lowest BCUT2D eigenvalue weighted by molar-refractivity contribution is -0.114. The standard InChI is InChI=1S/C32H52BrNO2.C24H49Br.C8H4BrNO2/c1-3-5-7-9-11-13-14-16-18-20-22-27(21-19-17-15-12-10-8-6-4-2)26-34-30-25-28(33)23-24-29(30)31(35)32(34)36;1-3-5-7-9-11-13-14-16-18-20-22-24(23-25)21-19-17-15-12-10-8-6-4-2;9-4-1-2-5-6(3-4)10-8(12)7(5)11/h23-25,27H,3-22,26H2,1-2H3;24H,3-23H2,1-2H3;1-3H,(H,10,11,12). The molecule has 9 heteroatoms. The predicted octanol–water partition coefficient (Wildman–Crippen LogP) is 21.9. The zero-order chi connectivity index (χ0) is 53.2. The van der Waals surface area contributed by atoms with Crippen LogP contribution in [0.5, 0.6) is 0 Å². The summed E-state index contributed by atoms with van der Waals surface area (Å²) in [6.07, 6.45) is 55.5. The van der Waals surface area contributed by atoms with Crippen LogP contribution in [-0.4, -0.2) is 35.3 Å². The second-order valence-corrected chi connectivity index (χ2v) is 24.2. The molecular weight excluding hydrogens is 1100 g/mol. The number of ketones is 2. The summed E-state index contributed by atoms with van der Waals surface area (Å²) < 4.78 is 1.76. The number of alkyl halides is 1. The van der Waals surface area contributed by atoms with E-state index in [1.807, 2.05) is 12.1 Å². The van der Waals surface area contributed by atoms with Gasteiger partial charge in [0.25, 0.3) is 23.4 Å². The van der Waals surface area contributed by atoms with Crippen molar-refractivity contribution >= 4 is 82.5 Å². The Balaban J connectivity index is 0.000000423. The minimum Gasteiger partial charge on any atom is -0.318 e. The van der Waals surface area contributed by atoms with Crippen LogP contribution in [0.25, 0.3) is 0 Å². The van der Waals surface area contributed by atoms with Gasteiger partial charge in [0.1, 0.15) is 0 Å². The Morgan fingerprint density at radius 3 is 1.11 bits per heavy atom. The first-order valence-electron chi connectivity index (χ1n) is 30.5. The minimum absolute atomic E-state index is 0.341. The molecule has 2 amide bonds. The Morgan fingerprint density at radius 2 is 0.740 bits per heavy atom. The van der Waals surface area contributed by atoms with Crippen LogP contribution in [0.1, 0.15) is 305 Å². The van der Waals surface area contributed by atoms with Crippen LogP contribution >= 0.6 is 47.8 Å². The molecule has 0 saturated carbocycles. The molecule has 0 fully saturated rings. The Bertz CT molecular complexity index is 1750. The molecule has 2 aromatic rings. The molecule has 2 unspecified atom stereocenters. The number of hydrogen-bond donors (Lipinski definition) is 1. The highest BCUT2D eigenvalue weighted by Crippen LogP contribution is 2.34. The maximum Gasteiger partial charge on any atom is 0.299 e. The predicted molar refractivity (Wildman–Crippen MR) is 326 cm³/mol. The number of hydrogen-bond acceptors (Lipinski definition) is 4. The zero-order valence-electron chi connectivity index (χ0n) is 47.0. The molecule has 2 aliphatic rings. The van der Waals surface area contributed by atoms with Crippen LogP contribution < -0.4 is 10.2 Å². The average molecular weight is 1210 g/mol. The molecule has 1 N–H and O–H groups in total. The largest absolute Gasteiger partial charge is 0.318 e. The highest BCUT2D eigenvalue weighted by Gasteiger charge is 2.37. The van der Waals surface area contributed by atoms with Crippen LogP contribution in [0, 0.1) is 11.8 Å². The van der Waals surface area contributed by atoms with Gasteiger partial charge in [-0.15, -0.1) is 0 Å². The van der Waals surface area contributed by atoms with Crippen molar-refractivity contribution in [2.75, 3.05) is 22.1 Å². The third-order valence-corrected chi connectivity index (χ3v) is 17.0. The molecule has 4 rings (SSSR count). The van der Waals surface area contributed by atoms with Gasteiger partial charge in [-0.2, -0.15) is 0 Å². The summed E-state index contributed by atoms with van der Waals surface area (Å²) in [5, 5.41) is 3.69. The smallest absolute Gasteiger partial charge is 0.299 e. The first-order chi connectivity index (χ1) is 35.6. The second-order valence-electron chi connectivity index (χ2n) is 21.7. The number of anilines is 2. The summed E-state index contributed by atoms with van der Waals surface area (Å²) in [4.78, 5) is 49.1. The van der Waals surface area contributed by atoms with Crippen molar-refractivity contribution < 1.29 is 19.2 Å². The van der Waals surface area contributed by atoms with E-state index in [1.54, 1.807) is 29.2 Å². The molecule has 0 saturated heterocycles. The van der Waals surface area contributed by atoms with Crippen LogP contribution in [0.4, 0.5) is 11.4 Å². The van der Waals surface area contributed by atoms with E-state index in [9.17, 15) is 19.2 Å². The zero-order valence-corrected chi connectivity index (χ0v) is 51.8. The summed E-state index contributed by atoms with van der Waals surface area (Å²) >= 11 is 10.5. The van der Waals surface area contributed by atoms with Crippen molar-refractivity contribution in [3.8, 4) is 0 Å². The van der Waals surface area contributed by atoms with Gasteiger partial charge in [0.2, 0.25) is 0 Å². The number of carbonyl (C=O) groups is 4. The highest BCUT2D eigenvalue weighted by molar-refractivity contribution is 9.10. The van der Waals surface area contributed by atoms with Gasteiger partial charge in [-0.3, -0.25) is 19.2 Å². The monoisotopic (exact) mass is 1200 g/mol. The minimum atomic E-state index is -0.553. The Kier molecular flexibility index (Phi) is 41.7. The molecule has 0 radical (unpaired) electrons. The molecule has 2 heterocycles. The van der Waals surface area contributed by atoms with Gasteiger partial charge in [0.15, 0.2) is 0 Å². The Morgan fingerprint density at radius 1 is 0.411 bits per heavy atom. The van der Waals surface area contributed by atoms with Crippen LogP contribution in [0.15, 0.2) is 45.3 Å². The van der Waals surface area contributed by atoms with Gasteiger partial charge in [-0.25, -0.2) is 0 Å². The molecule has 0 aromatic heterocycles. The van der Waals surface area contributed by atoms with Gasteiger partial charge in [0.05, 0.1) is 22.5 Å². The van der Waals surface area contributed by atoms with E-state index in [0.29, 0.717) is 29.3 Å². The number of rotatable bonds is 43. The van der Waals surface area contributed by atoms with Crippen LogP contribution in [0.2, 0.25) is 0 Å². The van der Waals surface area contributed by atoms with Gasteiger partial charge in [-0.05, 0) is 73.9 Å². The lowest BCUT2D eigenvalue weighted by Crippen LogP contribution is -2.34. The maximum absolute atomic E-state index is 12.8. The fourth-order valence-corrected chi connectivity index (χ4v) is 11.8. The number of fused-ring (bicyclic) bond motifs is 2. The summed E-state index contributed by atoms with van der Waals surface area (Å²) in [7, 11) is 0. The van der Waals surface area contributed by atoms with Crippen LogP contribution in [-0.2, 0) is 9.59 Å². The van der Waals surface area contributed by atoms with E-state index in [4.69, 9.17) is 0 Å². The van der Waals surface area contributed by atoms with Crippen molar-refractivity contribution in [2.45, 2.75) is 285 Å². The third kappa shape index (κ3) is 31.2. The summed E-state index contributed by atoms with van der Waals surface area (Å²) in [6, 6.07) is 10.6. The number of unbranched alkanes of at least 4 members (excludes halogenated alkanes) is 32. The molecule has 2 aliphatic heterocycles. The number of Topliss-reactive ketones (excluding diaryl/α,β-unsaturated/α-hetero) is 2. The molecule has 0 bridgehead atoms. The van der Waals surface area contributed by atoms with E-state index in [1.165, 1.54) is 249 Å². The van der Waals surface area contributed by atoms with Crippen molar-refractivity contribution in [2.24, 2.45) is 11.8 Å². The Hall–Kier alpha value is -1.84. The molecule has 73 heavy (non-hydrogen) atoms. The third-order valence-electron chi connectivity index (χ3n) is 15.1. The van der Waals surface area contributed by atoms with E-state index in [0.717, 1.165) is 33.4 Å². The maximum atomic E-state index is 12.8. The summed E-state index contributed by atoms with van der Waals surface area (Å²) in [6.45, 7) is 9.83. The SMILES string of the molecule is CCCCCCCCCCCCC(CBr)CCCCCCCCCC.CCCCCCCCCCCCC(CCCCCCCCCC)CN1C(=O)C(=O)c2ccc(Br)cc21.O=C1Nc2cc(Br)ccc2C1=O. The quantitative estimate of drug-likeness (QED) is 0.0407. The molecule has 0 aliphatic carbocycles. The topological polar surface area (TPSA) is 83.6 Å². The van der Waals surface area contributed by atoms with E-state index in [2.05, 4.69) is 80.8 Å². The molecular formula is C64H105Br3N2O4. The number of halogens is 3. The number of carbonyl (C=O) groups excluding carboxylic acids is 4. The normalized spacial score (nSPS) is 13.6. The molecule has 0 spiro atoms. The van der Waals surface area contributed by atoms with Crippen molar-refractivity contribution in [1.82, 2.24) is 0 Å². The first-order valence-corrected chi connectivity index (χ1v) is 33.2. The van der Waals surface area contributed by atoms with Gasteiger partial charge < -0.3 is 10.2 Å². The first kappa shape index (κ1) is 67.3. The molecule has 2 aromatic carbocycles. The van der Waals surface area contributed by atoms with E-state index in [-0.39, 0.29) is 11.7 Å². The fourth-order valence-electron chi connectivity index (χ4n) is 10.4. The highest BCUT2D eigenvalue weighted by atomic mass is 79.9. The van der Waals surface area contributed by atoms with E-state index < -0.39 is 11.7 Å². The Labute approximate surface area is 473 Å². The average Bonchev–Trinajstić information content (AvgIpc) is 3.80. The summed E-state index contributed by atoms with van der Waals surface area (Å²) in [5.41, 5.74) is 2.39. The fraction of sp³-hybridized carbons (Fsp3) is 0.750. The van der Waals surface area contributed by atoms with Gasteiger partial charge in [0, 0.05) is 20.8 Å². The summed E-state index contributed by atoms with van der Waals surface area (Å²) in [5.74, 6) is -0.287. The van der Waals surface area contributed by atoms with Crippen molar-refractivity contribution in [3.05, 3.63) is 56.5 Å². The molecule has 416 valence electrons. The lowest BCUT2D eigenvalue weighted by atomic mass is 9.93. The molecule has 2 atom stereocenters. The number of nitrogens with one attached hydrogen (secondary N) is 1. The number of benzene rings is 2. The number of nitrogens with zero attached hydrogens (tertiary/aromatic N) is 1. The number of amides is 2.